The van der Waals surface area contributed by atoms with Crippen LogP contribution in [-0.2, 0) is 0 Å². The van der Waals surface area contributed by atoms with Crippen molar-refractivity contribution in [3.63, 3.8) is 0 Å². The predicted octanol–water partition coefficient (Wildman–Crippen LogP) is 2.73. The molecule has 1 aliphatic rings. The average Bonchev–Trinajstić information content (AvgIpc) is 2.04. The highest BCUT2D eigenvalue weighted by Gasteiger charge is 2.11. The van der Waals surface area contributed by atoms with Crippen LogP contribution < -0.4 is 0 Å². The molecule has 1 unspecified atom stereocenters. The molecule has 2 heteroatoms. The number of hydrogen-bond donors (Lipinski definition) is 1. The van der Waals surface area contributed by atoms with Crippen LogP contribution in [-0.4, -0.2) is 10.1 Å². The fraction of sp³-hybridized carbons (Fsp3) is 0.222. The largest absolute Gasteiger partial charge is 0.167 e. The Labute approximate surface area is 78.1 Å². The van der Waals surface area contributed by atoms with E-state index < -0.39 is 0 Å². The summed E-state index contributed by atoms with van der Waals surface area (Å²) in [5.74, 6) is 0. The number of allylic oxidation sites excluding steroid dienone is 3. The third-order valence-electron chi connectivity index (χ3n) is 1.58. The van der Waals surface area contributed by atoms with Gasteiger partial charge in [0.25, 0.3) is 0 Å². The third kappa shape index (κ3) is 2.04. The molecule has 0 N–H and O–H groups in total. The molecule has 0 aromatic carbocycles. The third-order valence-corrected chi connectivity index (χ3v) is 2.47. The van der Waals surface area contributed by atoms with E-state index in [4.69, 9.17) is 12.2 Å². The van der Waals surface area contributed by atoms with Crippen molar-refractivity contribution < 1.29 is 0 Å². The highest BCUT2D eigenvalue weighted by molar-refractivity contribution is 7.82. The fourth-order valence-corrected chi connectivity index (χ4v) is 1.57. The molecular weight excluding hydrogens is 172 g/mol. The Kier molecular flexibility index (Phi) is 3.09. The van der Waals surface area contributed by atoms with E-state index in [9.17, 15) is 0 Å². The van der Waals surface area contributed by atoms with Gasteiger partial charge in [-0.25, -0.2) is 0 Å². The lowest BCUT2D eigenvalue weighted by Crippen LogP contribution is -2.10. The second-order valence-electron chi connectivity index (χ2n) is 2.36. The molecule has 0 saturated carbocycles. The van der Waals surface area contributed by atoms with Crippen molar-refractivity contribution in [2.75, 3.05) is 0 Å². The molecule has 0 fully saturated rings. The Morgan fingerprint density at radius 1 is 1.73 bits per heavy atom. The lowest BCUT2D eigenvalue weighted by Gasteiger charge is -2.13. The van der Waals surface area contributed by atoms with Gasteiger partial charge in [0.1, 0.15) is 0 Å². The van der Waals surface area contributed by atoms with Gasteiger partial charge in [-0.15, -0.1) is 6.58 Å². The summed E-state index contributed by atoms with van der Waals surface area (Å²) in [6, 6.07) is 0. The van der Waals surface area contributed by atoms with Crippen molar-refractivity contribution in [3.8, 4) is 0 Å². The second kappa shape index (κ2) is 3.88. The smallest absolute Gasteiger partial charge is 0.0455 e. The summed E-state index contributed by atoms with van der Waals surface area (Å²) in [7, 11) is 0. The van der Waals surface area contributed by atoms with Crippen LogP contribution >= 0.6 is 24.8 Å². The van der Waals surface area contributed by atoms with Gasteiger partial charge in [0.2, 0.25) is 0 Å². The number of hydrogen-bond acceptors (Lipinski definition) is 2. The molecular formula is C9H10S2. The van der Waals surface area contributed by atoms with E-state index >= 15 is 0 Å². The molecule has 0 aromatic rings. The SMILES string of the molecule is C=CC(S)C1=CC=CCC1=S. The molecule has 0 bridgehead atoms. The van der Waals surface area contributed by atoms with Crippen LogP contribution in [0.5, 0.6) is 0 Å². The van der Waals surface area contributed by atoms with Gasteiger partial charge < -0.3 is 0 Å². The van der Waals surface area contributed by atoms with Crippen molar-refractivity contribution in [1.82, 2.24) is 0 Å². The predicted molar refractivity (Wildman–Crippen MR) is 57.4 cm³/mol. The normalized spacial score (nSPS) is 19.4. The summed E-state index contributed by atoms with van der Waals surface area (Å²) in [6.45, 7) is 3.67. The molecule has 1 atom stereocenters. The van der Waals surface area contributed by atoms with Crippen molar-refractivity contribution >= 4 is 29.7 Å². The minimum absolute atomic E-state index is 0.0902. The van der Waals surface area contributed by atoms with Crippen LogP contribution in [0.4, 0.5) is 0 Å². The van der Waals surface area contributed by atoms with Gasteiger partial charge in [0, 0.05) is 16.5 Å². The molecule has 1 aliphatic carbocycles. The van der Waals surface area contributed by atoms with Gasteiger partial charge in [-0.3, -0.25) is 0 Å². The van der Waals surface area contributed by atoms with E-state index in [1.807, 2.05) is 12.2 Å². The van der Waals surface area contributed by atoms with Crippen molar-refractivity contribution in [2.24, 2.45) is 0 Å². The van der Waals surface area contributed by atoms with E-state index in [0.717, 1.165) is 16.9 Å². The molecule has 11 heavy (non-hydrogen) atoms. The maximum Gasteiger partial charge on any atom is 0.0455 e. The monoisotopic (exact) mass is 182 g/mol. The summed E-state index contributed by atoms with van der Waals surface area (Å²) in [6.07, 6.45) is 8.73. The Morgan fingerprint density at radius 2 is 2.45 bits per heavy atom. The van der Waals surface area contributed by atoms with E-state index in [0.29, 0.717) is 0 Å². The molecule has 0 aromatic heterocycles. The quantitative estimate of drug-likeness (QED) is 0.389. The van der Waals surface area contributed by atoms with Crippen molar-refractivity contribution in [1.29, 1.82) is 0 Å². The summed E-state index contributed by atoms with van der Waals surface area (Å²) < 4.78 is 0. The zero-order valence-electron chi connectivity index (χ0n) is 6.16. The van der Waals surface area contributed by atoms with E-state index in [-0.39, 0.29) is 5.25 Å². The zero-order valence-corrected chi connectivity index (χ0v) is 7.87. The molecule has 0 heterocycles. The number of thiol groups is 1. The van der Waals surface area contributed by atoms with E-state index in [1.165, 1.54) is 0 Å². The van der Waals surface area contributed by atoms with Crippen LogP contribution in [0, 0.1) is 0 Å². The topological polar surface area (TPSA) is 0 Å². The van der Waals surface area contributed by atoms with Crippen LogP contribution in [0.2, 0.25) is 0 Å². The van der Waals surface area contributed by atoms with E-state index in [1.54, 1.807) is 6.08 Å². The fourth-order valence-electron chi connectivity index (χ4n) is 0.948. The summed E-state index contributed by atoms with van der Waals surface area (Å²) >= 11 is 9.48. The van der Waals surface area contributed by atoms with Gasteiger partial charge in [-0.05, 0) is 5.57 Å². The first-order valence-electron chi connectivity index (χ1n) is 3.46. The number of rotatable bonds is 2. The Hall–Kier alpha value is -0.340. The summed E-state index contributed by atoms with van der Waals surface area (Å²) in [4.78, 5) is 0.979. The first-order valence-corrected chi connectivity index (χ1v) is 4.38. The molecule has 58 valence electrons. The Morgan fingerprint density at radius 3 is 3.00 bits per heavy atom. The summed E-state index contributed by atoms with van der Waals surface area (Å²) in [5.41, 5.74) is 1.11. The average molecular weight is 182 g/mol. The number of thiocarbonyl (C=S) groups is 1. The van der Waals surface area contributed by atoms with Crippen LogP contribution in [0.3, 0.4) is 0 Å². The molecule has 1 rings (SSSR count). The molecule has 0 radical (unpaired) electrons. The molecule has 0 amide bonds. The van der Waals surface area contributed by atoms with Crippen LogP contribution in [0.25, 0.3) is 0 Å². The molecule has 0 aliphatic heterocycles. The summed E-state index contributed by atoms with van der Waals surface area (Å²) in [5, 5.41) is 0.0902. The van der Waals surface area contributed by atoms with Gasteiger partial charge in [0.05, 0.1) is 0 Å². The van der Waals surface area contributed by atoms with Gasteiger partial charge in [-0.1, -0.05) is 36.5 Å². The van der Waals surface area contributed by atoms with Gasteiger partial charge in [0.15, 0.2) is 0 Å². The van der Waals surface area contributed by atoms with Crippen molar-refractivity contribution in [2.45, 2.75) is 11.7 Å². The minimum Gasteiger partial charge on any atom is -0.167 e. The van der Waals surface area contributed by atoms with Crippen LogP contribution in [0.15, 0.2) is 36.5 Å². The lowest BCUT2D eigenvalue weighted by atomic mass is 10.0. The van der Waals surface area contributed by atoms with Gasteiger partial charge >= 0.3 is 0 Å². The molecule has 0 saturated heterocycles. The lowest BCUT2D eigenvalue weighted by molar-refractivity contribution is 1.31. The van der Waals surface area contributed by atoms with Gasteiger partial charge in [-0.2, -0.15) is 12.6 Å². The van der Waals surface area contributed by atoms with E-state index in [2.05, 4.69) is 25.3 Å². The van der Waals surface area contributed by atoms with Crippen molar-refractivity contribution in [3.05, 3.63) is 36.5 Å². The first-order chi connectivity index (χ1) is 5.25. The Bertz CT molecular complexity index is 236. The highest BCUT2D eigenvalue weighted by atomic mass is 32.1. The second-order valence-corrected chi connectivity index (χ2v) is 3.41. The maximum absolute atomic E-state index is 5.15. The van der Waals surface area contributed by atoms with Crippen LogP contribution in [0.1, 0.15) is 6.42 Å². The maximum atomic E-state index is 5.15. The minimum atomic E-state index is 0.0902. The first kappa shape index (κ1) is 8.75. The Balaban J connectivity index is 2.83. The highest BCUT2D eigenvalue weighted by Crippen LogP contribution is 2.18. The molecule has 0 spiro atoms. The zero-order chi connectivity index (χ0) is 8.27. The molecule has 0 nitrogen and oxygen atoms in total. The standard InChI is InChI=1S/C9H10S2/c1-2-8(10)7-5-3-4-6-9(7)11/h2-5,8,10H,1,6H2.